The predicted octanol–water partition coefficient (Wildman–Crippen LogP) is 4.60. The van der Waals surface area contributed by atoms with Gasteiger partial charge in [-0.1, -0.05) is 40.0 Å². The number of ether oxygens (including phenoxy) is 3. The number of rotatable bonds is 21. The van der Waals surface area contributed by atoms with E-state index in [1.165, 1.54) is 0 Å². The second-order valence-corrected chi connectivity index (χ2v) is 18.4. The lowest BCUT2D eigenvalue weighted by Gasteiger charge is -2.40. The van der Waals surface area contributed by atoms with E-state index < -0.39 is 25.7 Å². The van der Waals surface area contributed by atoms with Crippen molar-refractivity contribution in [2.45, 2.75) is 78.9 Å². The van der Waals surface area contributed by atoms with Crippen LogP contribution in [0, 0.1) is 0 Å². The zero-order valence-electron chi connectivity index (χ0n) is 20.8. The first kappa shape index (κ1) is 30.4. The van der Waals surface area contributed by atoms with Crippen LogP contribution in [-0.2, 0) is 31.3 Å². The number of hydrogen-bond donors (Lipinski definition) is 0. The molecule has 0 aromatic carbocycles. The van der Waals surface area contributed by atoms with E-state index in [-0.39, 0.29) is 0 Å². The summed E-state index contributed by atoms with van der Waals surface area (Å²) in [7, 11) is -4.51. The first-order chi connectivity index (χ1) is 14.2. The second-order valence-electron chi connectivity index (χ2n) is 8.23. The summed E-state index contributed by atoms with van der Waals surface area (Å²) >= 11 is 0. The summed E-state index contributed by atoms with van der Waals surface area (Å²) in [5, 5.41) is 0. The molecule has 0 saturated heterocycles. The molecular formula is C20H48O7Si3. The molecule has 0 saturated carbocycles. The molecule has 0 aromatic heterocycles. The van der Waals surface area contributed by atoms with Crippen molar-refractivity contribution in [1.82, 2.24) is 0 Å². The Bertz CT molecular complexity index is 392. The summed E-state index contributed by atoms with van der Waals surface area (Å²) in [5.74, 6) is 0. The van der Waals surface area contributed by atoms with E-state index in [0.29, 0.717) is 38.5 Å². The molecule has 0 aliphatic heterocycles. The quantitative estimate of drug-likeness (QED) is 0.174. The van der Waals surface area contributed by atoms with Gasteiger partial charge in [-0.3, -0.25) is 0 Å². The lowest BCUT2D eigenvalue weighted by molar-refractivity contribution is 0.103. The van der Waals surface area contributed by atoms with Crippen LogP contribution in [0.1, 0.15) is 59.3 Å². The van der Waals surface area contributed by atoms with Crippen molar-refractivity contribution in [2.75, 3.05) is 52.7 Å². The van der Waals surface area contributed by atoms with Gasteiger partial charge in [0.1, 0.15) is 0 Å². The van der Waals surface area contributed by atoms with Gasteiger partial charge in [-0.05, 0) is 38.9 Å². The van der Waals surface area contributed by atoms with Crippen molar-refractivity contribution < 1.29 is 31.3 Å². The van der Waals surface area contributed by atoms with Crippen LogP contribution in [0.4, 0.5) is 0 Å². The molecule has 0 aromatic rings. The zero-order valence-corrected chi connectivity index (χ0v) is 23.8. The summed E-state index contributed by atoms with van der Waals surface area (Å²) < 4.78 is 42.6. The van der Waals surface area contributed by atoms with Crippen molar-refractivity contribution in [1.29, 1.82) is 0 Å². The Morgan fingerprint density at radius 1 is 0.500 bits per heavy atom. The molecule has 0 aliphatic carbocycles. The Hall–Kier alpha value is 0.371. The van der Waals surface area contributed by atoms with Gasteiger partial charge in [-0.2, -0.15) is 0 Å². The SMILES string of the molecule is CCCCOC[Si](C)(OC)O[Si](C)(COCCCC)O[Si](C)(COCCCC)OC. The van der Waals surface area contributed by atoms with E-state index in [1.54, 1.807) is 14.2 Å². The van der Waals surface area contributed by atoms with E-state index in [0.717, 1.165) is 38.5 Å². The average molecular weight is 485 g/mol. The molecule has 0 rings (SSSR count). The minimum absolute atomic E-state index is 0.439. The predicted molar refractivity (Wildman–Crippen MR) is 128 cm³/mol. The summed E-state index contributed by atoms with van der Waals surface area (Å²) in [6.45, 7) is 14.7. The van der Waals surface area contributed by atoms with Gasteiger partial charge in [0.05, 0.1) is 18.7 Å². The Labute approximate surface area is 188 Å². The summed E-state index contributed by atoms with van der Waals surface area (Å²) in [5.41, 5.74) is 0. The van der Waals surface area contributed by atoms with E-state index in [9.17, 15) is 0 Å². The van der Waals surface area contributed by atoms with Gasteiger partial charge in [0.2, 0.25) is 0 Å². The normalized spacial score (nSPS) is 18.0. The smallest absolute Gasteiger partial charge is 0.352 e. The van der Waals surface area contributed by atoms with Crippen LogP contribution in [0.2, 0.25) is 19.6 Å². The highest BCUT2D eigenvalue weighted by Gasteiger charge is 2.49. The molecular weight excluding hydrogens is 436 g/mol. The van der Waals surface area contributed by atoms with Gasteiger partial charge in [0.15, 0.2) is 0 Å². The highest BCUT2D eigenvalue weighted by atomic mass is 28.5. The minimum atomic E-state index is -2.76. The van der Waals surface area contributed by atoms with Crippen molar-refractivity contribution in [2.24, 2.45) is 0 Å². The summed E-state index contributed by atoms with van der Waals surface area (Å²) in [6, 6.07) is 0. The molecule has 7 nitrogen and oxygen atoms in total. The molecule has 0 aliphatic rings. The Morgan fingerprint density at radius 3 is 1.07 bits per heavy atom. The van der Waals surface area contributed by atoms with Crippen LogP contribution in [0.3, 0.4) is 0 Å². The maximum Gasteiger partial charge on any atom is 0.352 e. The molecule has 30 heavy (non-hydrogen) atoms. The molecule has 182 valence electrons. The van der Waals surface area contributed by atoms with Gasteiger partial charge in [0, 0.05) is 34.0 Å². The Balaban J connectivity index is 5.21. The van der Waals surface area contributed by atoms with Crippen molar-refractivity contribution in [3.8, 4) is 0 Å². The van der Waals surface area contributed by atoms with Crippen molar-refractivity contribution >= 4 is 25.7 Å². The van der Waals surface area contributed by atoms with Crippen LogP contribution in [0.25, 0.3) is 0 Å². The molecule has 10 heteroatoms. The first-order valence-electron chi connectivity index (χ1n) is 11.5. The molecule has 0 amide bonds. The van der Waals surface area contributed by atoms with Crippen LogP contribution < -0.4 is 0 Å². The lowest BCUT2D eigenvalue weighted by atomic mass is 10.4. The van der Waals surface area contributed by atoms with Gasteiger partial charge in [0.25, 0.3) is 0 Å². The minimum Gasteiger partial charge on any atom is -0.413 e. The highest BCUT2D eigenvalue weighted by molar-refractivity contribution is 6.85. The third-order valence-electron chi connectivity index (χ3n) is 4.75. The van der Waals surface area contributed by atoms with Crippen LogP contribution in [-0.4, -0.2) is 78.4 Å². The van der Waals surface area contributed by atoms with Crippen LogP contribution >= 0.6 is 0 Å². The molecule has 0 N–H and O–H groups in total. The standard InChI is InChI=1S/C20H48O7Si3/c1-9-12-15-23-18-28(6,21-4)26-30(8,20-25-17-14-11-3)27-29(7,22-5)19-24-16-13-10-2/h9-20H2,1-8H3. The monoisotopic (exact) mass is 484 g/mol. The van der Waals surface area contributed by atoms with Crippen LogP contribution in [0.5, 0.6) is 0 Å². The number of unbranched alkanes of at least 4 members (excludes halogenated alkanes) is 3. The van der Waals surface area contributed by atoms with Gasteiger partial charge >= 0.3 is 25.7 Å². The van der Waals surface area contributed by atoms with Crippen molar-refractivity contribution in [3.05, 3.63) is 0 Å². The molecule has 2 unspecified atom stereocenters. The maximum absolute atomic E-state index is 6.64. The fourth-order valence-electron chi connectivity index (χ4n) is 2.77. The Kier molecular flexibility index (Phi) is 17.1. The van der Waals surface area contributed by atoms with Gasteiger partial charge < -0.3 is 31.3 Å². The summed E-state index contributed by atoms with van der Waals surface area (Å²) in [6.07, 6.45) is 7.76. The second kappa shape index (κ2) is 16.9. The molecule has 0 fully saturated rings. The lowest BCUT2D eigenvalue weighted by Crippen LogP contribution is -2.62. The van der Waals surface area contributed by atoms with Crippen molar-refractivity contribution in [3.63, 3.8) is 0 Å². The van der Waals surface area contributed by atoms with Gasteiger partial charge in [-0.15, -0.1) is 0 Å². The Morgan fingerprint density at radius 2 is 0.800 bits per heavy atom. The summed E-state index contributed by atoms with van der Waals surface area (Å²) in [4.78, 5) is 0. The highest BCUT2D eigenvalue weighted by Crippen LogP contribution is 2.23. The van der Waals surface area contributed by atoms with E-state index in [2.05, 4.69) is 20.8 Å². The molecule has 0 spiro atoms. The topological polar surface area (TPSA) is 64.6 Å². The van der Waals surface area contributed by atoms with Gasteiger partial charge in [-0.25, -0.2) is 0 Å². The average Bonchev–Trinajstić information content (AvgIpc) is 2.72. The van der Waals surface area contributed by atoms with E-state index >= 15 is 0 Å². The molecule has 0 heterocycles. The van der Waals surface area contributed by atoms with Crippen LogP contribution in [0.15, 0.2) is 0 Å². The molecule has 2 atom stereocenters. The third-order valence-corrected chi connectivity index (χ3v) is 15.6. The third kappa shape index (κ3) is 13.7. The number of hydrogen-bond acceptors (Lipinski definition) is 7. The maximum atomic E-state index is 6.64. The fraction of sp³-hybridized carbons (Fsp3) is 1.00. The zero-order chi connectivity index (χ0) is 22.9. The van der Waals surface area contributed by atoms with E-state index in [4.69, 9.17) is 31.3 Å². The van der Waals surface area contributed by atoms with E-state index in [1.807, 2.05) is 19.6 Å². The first-order valence-corrected chi connectivity index (χ1v) is 19.0. The largest absolute Gasteiger partial charge is 0.413 e. The molecule has 0 bridgehead atoms. The molecule has 0 radical (unpaired) electrons. The fourth-order valence-corrected chi connectivity index (χ4v) is 14.0.